The summed E-state index contributed by atoms with van der Waals surface area (Å²) in [7, 11) is -4.80. The first-order valence-corrected chi connectivity index (χ1v) is 9.06. The van der Waals surface area contributed by atoms with Crippen LogP contribution in [-0.4, -0.2) is 47.5 Å². The van der Waals surface area contributed by atoms with Crippen molar-refractivity contribution in [2.24, 2.45) is 0 Å². The first kappa shape index (κ1) is 17.8. The summed E-state index contributed by atoms with van der Waals surface area (Å²) in [6.07, 6.45) is 0. The van der Waals surface area contributed by atoms with E-state index in [0.717, 1.165) is 10.4 Å². The van der Waals surface area contributed by atoms with Gasteiger partial charge in [0.2, 0.25) is 10.0 Å². The van der Waals surface area contributed by atoms with Gasteiger partial charge in [0.15, 0.2) is 0 Å². The average molecular weight is 339 g/mol. The molecule has 0 amide bonds. The number of nitrogens with zero attached hydrogens (tertiary/aromatic N) is 1. The van der Waals surface area contributed by atoms with Gasteiger partial charge >= 0.3 is 0 Å². The third-order valence-corrected chi connectivity index (χ3v) is 5.40. The van der Waals surface area contributed by atoms with Crippen LogP contribution in [0.4, 0.5) is 10.1 Å². The molecule has 1 aromatic carbocycles. The Morgan fingerprint density at radius 1 is 1.19 bits per heavy atom. The molecule has 0 radical (unpaired) electrons. The first-order valence-electron chi connectivity index (χ1n) is 5.97. The lowest BCUT2D eigenvalue weighted by molar-refractivity contribution is 0.507. The molecule has 0 heterocycles. The van der Waals surface area contributed by atoms with Gasteiger partial charge in [-0.3, -0.25) is 4.72 Å². The van der Waals surface area contributed by atoms with Crippen LogP contribution in [0.2, 0.25) is 0 Å². The predicted molar refractivity (Wildman–Crippen MR) is 79.2 cm³/mol. The molecule has 0 aliphatic rings. The maximum Gasteiger partial charge on any atom is 0.278 e. The average Bonchev–Trinajstić information content (AvgIpc) is 2.32. The van der Waals surface area contributed by atoms with Gasteiger partial charge in [0.25, 0.3) is 10.2 Å². The standard InChI is InChI=1S/C11H18FN3O4S2/c1-9-4-5-10(8-11(9)12)14-20(16,17)7-6-13-21(18,19)15(2)3/h4-5,8,13-14H,6-7H2,1-3H3. The van der Waals surface area contributed by atoms with Crippen LogP contribution in [0.15, 0.2) is 18.2 Å². The van der Waals surface area contributed by atoms with Crippen molar-refractivity contribution in [3.63, 3.8) is 0 Å². The lowest BCUT2D eigenvalue weighted by Crippen LogP contribution is -2.38. The second kappa shape index (κ2) is 6.69. The number of hydrogen-bond acceptors (Lipinski definition) is 4. The number of rotatable bonds is 7. The van der Waals surface area contributed by atoms with E-state index in [1.165, 1.54) is 26.2 Å². The summed E-state index contributed by atoms with van der Waals surface area (Å²) in [5.74, 6) is -0.987. The molecule has 0 aliphatic carbocycles. The van der Waals surface area contributed by atoms with Crippen LogP contribution in [0.1, 0.15) is 5.56 Å². The molecule has 7 nitrogen and oxygen atoms in total. The molecule has 2 N–H and O–H groups in total. The summed E-state index contributed by atoms with van der Waals surface area (Å²) in [5.41, 5.74) is 0.491. The largest absolute Gasteiger partial charge is 0.283 e. The smallest absolute Gasteiger partial charge is 0.278 e. The summed E-state index contributed by atoms with van der Waals surface area (Å²) < 4.78 is 64.9. The number of halogens is 1. The van der Waals surface area contributed by atoms with E-state index in [1.807, 2.05) is 0 Å². The van der Waals surface area contributed by atoms with Crippen molar-refractivity contribution in [3.8, 4) is 0 Å². The summed E-state index contributed by atoms with van der Waals surface area (Å²) >= 11 is 0. The van der Waals surface area contributed by atoms with E-state index in [9.17, 15) is 21.2 Å². The van der Waals surface area contributed by atoms with E-state index < -0.39 is 31.8 Å². The minimum atomic E-state index is -3.77. The number of sulfonamides is 1. The zero-order valence-electron chi connectivity index (χ0n) is 11.9. The highest BCUT2D eigenvalue weighted by molar-refractivity contribution is 7.92. The van der Waals surface area contributed by atoms with Gasteiger partial charge in [-0.2, -0.15) is 12.7 Å². The van der Waals surface area contributed by atoms with E-state index >= 15 is 0 Å². The molecule has 1 rings (SSSR count). The molecule has 120 valence electrons. The number of benzene rings is 1. The summed E-state index contributed by atoms with van der Waals surface area (Å²) in [4.78, 5) is 0. The van der Waals surface area contributed by atoms with Crippen LogP contribution in [0.25, 0.3) is 0 Å². The SMILES string of the molecule is Cc1ccc(NS(=O)(=O)CCNS(=O)(=O)N(C)C)cc1F. The van der Waals surface area contributed by atoms with E-state index in [2.05, 4.69) is 9.44 Å². The molecule has 0 bridgehead atoms. The van der Waals surface area contributed by atoms with Crippen LogP contribution >= 0.6 is 0 Å². The van der Waals surface area contributed by atoms with Crippen molar-refractivity contribution in [3.05, 3.63) is 29.6 Å². The fourth-order valence-corrected chi connectivity index (χ4v) is 3.03. The quantitative estimate of drug-likeness (QED) is 0.745. The predicted octanol–water partition coefficient (Wildman–Crippen LogP) is 0.272. The second-order valence-electron chi connectivity index (χ2n) is 4.57. The van der Waals surface area contributed by atoms with Crippen molar-refractivity contribution in [2.45, 2.75) is 6.92 Å². The Morgan fingerprint density at radius 2 is 1.81 bits per heavy atom. The monoisotopic (exact) mass is 339 g/mol. The minimum absolute atomic E-state index is 0.0913. The molecule has 0 saturated heterocycles. The van der Waals surface area contributed by atoms with E-state index in [0.29, 0.717) is 5.56 Å². The van der Waals surface area contributed by atoms with E-state index in [-0.39, 0.29) is 12.2 Å². The lowest BCUT2D eigenvalue weighted by Gasteiger charge is -2.13. The third-order valence-electron chi connectivity index (χ3n) is 2.58. The number of hydrogen-bond donors (Lipinski definition) is 2. The van der Waals surface area contributed by atoms with Crippen molar-refractivity contribution in [2.75, 3.05) is 31.1 Å². The van der Waals surface area contributed by atoms with Crippen LogP contribution < -0.4 is 9.44 Å². The Morgan fingerprint density at radius 3 is 2.33 bits per heavy atom. The summed E-state index contributed by atoms with van der Waals surface area (Å²) in [6.45, 7) is 1.27. The number of nitrogens with one attached hydrogen (secondary N) is 2. The van der Waals surface area contributed by atoms with Crippen LogP contribution in [0.3, 0.4) is 0 Å². The first-order chi connectivity index (χ1) is 9.53. The van der Waals surface area contributed by atoms with Gasteiger partial charge in [0.1, 0.15) is 5.82 Å². The highest BCUT2D eigenvalue weighted by atomic mass is 32.2. The third kappa shape index (κ3) is 5.58. The second-order valence-corrected chi connectivity index (χ2v) is 8.38. The van der Waals surface area contributed by atoms with Gasteiger partial charge in [0.05, 0.1) is 11.4 Å². The normalized spacial score (nSPS) is 12.6. The lowest BCUT2D eigenvalue weighted by atomic mass is 10.2. The number of aryl methyl sites for hydroxylation is 1. The Hall–Kier alpha value is -1.23. The van der Waals surface area contributed by atoms with Crippen molar-refractivity contribution in [1.82, 2.24) is 9.03 Å². The Balaban J connectivity index is 2.64. The molecule has 0 atom stereocenters. The van der Waals surface area contributed by atoms with E-state index in [4.69, 9.17) is 0 Å². The van der Waals surface area contributed by atoms with Gasteiger partial charge < -0.3 is 0 Å². The van der Waals surface area contributed by atoms with Gasteiger partial charge in [-0.1, -0.05) is 6.07 Å². The fourth-order valence-electron chi connectivity index (χ4n) is 1.32. The molecule has 21 heavy (non-hydrogen) atoms. The molecular formula is C11H18FN3O4S2. The molecule has 0 unspecified atom stereocenters. The van der Waals surface area contributed by atoms with Gasteiger partial charge in [0, 0.05) is 20.6 Å². The number of anilines is 1. The van der Waals surface area contributed by atoms with E-state index in [1.54, 1.807) is 6.92 Å². The molecule has 0 aromatic heterocycles. The Kier molecular flexibility index (Phi) is 5.68. The zero-order valence-corrected chi connectivity index (χ0v) is 13.6. The minimum Gasteiger partial charge on any atom is -0.283 e. The van der Waals surface area contributed by atoms with Gasteiger partial charge in [-0.25, -0.2) is 17.5 Å². The van der Waals surface area contributed by atoms with Crippen molar-refractivity contribution in [1.29, 1.82) is 0 Å². The maximum atomic E-state index is 13.3. The molecule has 0 spiro atoms. The zero-order chi connectivity index (χ0) is 16.3. The Bertz CT molecular complexity index is 702. The molecule has 1 aromatic rings. The molecule has 0 saturated carbocycles. The molecule has 0 fully saturated rings. The molecule has 10 heteroatoms. The highest BCUT2D eigenvalue weighted by Gasteiger charge is 2.16. The molecular weight excluding hydrogens is 321 g/mol. The fraction of sp³-hybridized carbons (Fsp3) is 0.455. The molecule has 0 aliphatic heterocycles. The van der Waals surface area contributed by atoms with Gasteiger partial charge in [-0.15, -0.1) is 0 Å². The Labute approximate surface area is 124 Å². The van der Waals surface area contributed by atoms with Crippen LogP contribution in [0.5, 0.6) is 0 Å². The highest BCUT2D eigenvalue weighted by Crippen LogP contribution is 2.14. The van der Waals surface area contributed by atoms with Crippen LogP contribution in [-0.2, 0) is 20.2 Å². The van der Waals surface area contributed by atoms with Crippen molar-refractivity contribution >= 4 is 25.9 Å². The maximum absolute atomic E-state index is 13.3. The van der Waals surface area contributed by atoms with Crippen molar-refractivity contribution < 1.29 is 21.2 Å². The van der Waals surface area contributed by atoms with Gasteiger partial charge in [-0.05, 0) is 24.6 Å². The summed E-state index contributed by atoms with van der Waals surface area (Å²) in [5, 5.41) is 0. The van der Waals surface area contributed by atoms with Crippen LogP contribution in [0, 0.1) is 12.7 Å². The topological polar surface area (TPSA) is 95.6 Å². The summed E-state index contributed by atoms with van der Waals surface area (Å²) in [6, 6.07) is 3.94.